The summed E-state index contributed by atoms with van der Waals surface area (Å²) in [7, 11) is 0. The van der Waals surface area contributed by atoms with E-state index < -0.39 is 17.4 Å². The number of carbonyl (C=O) groups excluding carboxylic acids is 2. The molecule has 0 atom stereocenters. The molecule has 1 aromatic heterocycles. The summed E-state index contributed by atoms with van der Waals surface area (Å²) >= 11 is 1.20. The zero-order chi connectivity index (χ0) is 19.1. The number of nitriles is 1. The van der Waals surface area contributed by atoms with E-state index in [9.17, 15) is 14.9 Å². The van der Waals surface area contributed by atoms with E-state index in [0.717, 1.165) is 30.3 Å². The van der Waals surface area contributed by atoms with E-state index in [0.29, 0.717) is 17.9 Å². The van der Waals surface area contributed by atoms with E-state index in [2.05, 4.69) is 21.4 Å². The van der Waals surface area contributed by atoms with Gasteiger partial charge in [-0.15, -0.1) is 0 Å². The molecule has 2 aromatic rings. The summed E-state index contributed by atoms with van der Waals surface area (Å²) in [6, 6.07) is 9.68. The smallest absolute Gasteiger partial charge is 0.316 e. The van der Waals surface area contributed by atoms with E-state index in [-0.39, 0.29) is 12.4 Å². The summed E-state index contributed by atoms with van der Waals surface area (Å²) in [6.45, 7) is -0.383. The normalized spacial score (nSPS) is 15.7. The summed E-state index contributed by atoms with van der Waals surface area (Å²) in [5.41, 5.74) is 0.719. The largest absolute Gasteiger partial charge is 0.455 e. The Morgan fingerprint density at radius 2 is 1.96 bits per heavy atom. The van der Waals surface area contributed by atoms with Crippen LogP contribution in [0.3, 0.4) is 0 Å². The van der Waals surface area contributed by atoms with Crippen LogP contribution in [0, 0.1) is 11.3 Å². The van der Waals surface area contributed by atoms with Crippen LogP contribution in [0.4, 0.5) is 0 Å². The Labute approximate surface area is 161 Å². The number of nitrogens with one attached hydrogen (secondary N) is 1. The zero-order valence-electron chi connectivity index (χ0n) is 14.8. The molecular formula is C19H20N4O3S. The average Bonchev–Trinajstić information content (AvgIpc) is 2.71. The molecule has 0 unspecified atom stereocenters. The lowest BCUT2D eigenvalue weighted by Crippen LogP contribution is -2.50. The molecule has 0 aliphatic heterocycles. The fraction of sp³-hybridized carbons (Fsp3) is 0.421. The van der Waals surface area contributed by atoms with Crippen molar-refractivity contribution in [3.05, 3.63) is 30.5 Å². The van der Waals surface area contributed by atoms with Gasteiger partial charge in [0.15, 0.2) is 6.61 Å². The number of nitrogens with zero attached hydrogens (tertiary/aromatic N) is 3. The number of carbonyl (C=O) groups is 2. The molecule has 1 fully saturated rings. The molecule has 0 spiro atoms. The number of esters is 1. The third kappa shape index (κ3) is 5.17. The number of hydrogen-bond acceptors (Lipinski definition) is 7. The monoisotopic (exact) mass is 384 g/mol. The van der Waals surface area contributed by atoms with Crippen molar-refractivity contribution in [3.8, 4) is 6.07 Å². The van der Waals surface area contributed by atoms with Gasteiger partial charge in [0.25, 0.3) is 5.91 Å². The van der Waals surface area contributed by atoms with Gasteiger partial charge in [-0.3, -0.25) is 14.6 Å². The second-order valence-electron chi connectivity index (χ2n) is 6.45. The van der Waals surface area contributed by atoms with Crippen LogP contribution in [-0.2, 0) is 14.3 Å². The average molecular weight is 384 g/mol. The lowest BCUT2D eigenvalue weighted by atomic mass is 9.83. The number of hydrogen-bond donors (Lipinski definition) is 1. The molecule has 1 N–H and O–H groups in total. The molecule has 7 nitrogen and oxygen atoms in total. The highest BCUT2D eigenvalue weighted by atomic mass is 32.2. The van der Waals surface area contributed by atoms with E-state index in [4.69, 9.17) is 4.74 Å². The molecule has 27 heavy (non-hydrogen) atoms. The number of rotatable bonds is 6. The predicted octanol–water partition coefficient (Wildman–Crippen LogP) is 2.61. The molecule has 0 radical (unpaired) electrons. The van der Waals surface area contributed by atoms with Gasteiger partial charge in [0.2, 0.25) is 0 Å². The molecule has 140 valence electrons. The summed E-state index contributed by atoms with van der Waals surface area (Å²) < 4.78 is 5.01. The fourth-order valence-electron chi connectivity index (χ4n) is 3.05. The van der Waals surface area contributed by atoms with Crippen molar-refractivity contribution in [2.24, 2.45) is 0 Å². The van der Waals surface area contributed by atoms with Gasteiger partial charge in [0.1, 0.15) is 10.6 Å². The highest BCUT2D eigenvalue weighted by Gasteiger charge is 2.33. The van der Waals surface area contributed by atoms with Gasteiger partial charge < -0.3 is 10.1 Å². The Morgan fingerprint density at radius 1 is 1.22 bits per heavy atom. The molecular weight excluding hydrogens is 364 g/mol. The van der Waals surface area contributed by atoms with Crippen LogP contribution in [0.15, 0.2) is 35.5 Å². The molecule has 0 bridgehead atoms. The first-order valence-electron chi connectivity index (χ1n) is 8.83. The molecule has 1 aliphatic carbocycles. The van der Waals surface area contributed by atoms with Crippen LogP contribution >= 0.6 is 11.8 Å². The van der Waals surface area contributed by atoms with Crippen LogP contribution < -0.4 is 5.32 Å². The van der Waals surface area contributed by atoms with Crippen molar-refractivity contribution in [2.45, 2.75) is 42.7 Å². The van der Waals surface area contributed by atoms with Crippen molar-refractivity contribution in [1.29, 1.82) is 5.26 Å². The molecule has 3 rings (SSSR count). The Balaban J connectivity index is 1.45. The SMILES string of the molecule is N#CC1(NC(=O)COC(=O)CSc2cnc3ccccc3n2)CCCCC1. The number of thioether (sulfide) groups is 1. The van der Waals surface area contributed by atoms with Crippen molar-refractivity contribution in [1.82, 2.24) is 15.3 Å². The standard InChI is InChI=1S/C19H20N4O3S/c20-13-19(8-4-1-5-9-19)23-16(24)11-26-18(25)12-27-17-10-21-14-6-2-3-7-15(14)22-17/h2-3,6-7,10H,1,4-5,8-9,11-12H2,(H,23,24). The van der Waals surface area contributed by atoms with Gasteiger partial charge in [-0.1, -0.05) is 43.2 Å². The van der Waals surface area contributed by atoms with Crippen molar-refractivity contribution in [3.63, 3.8) is 0 Å². The first kappa shape index (κ1) is 19.1. The fourth-order valence-corrected chi connectivity index (χ4v) is 3.69. The van der Waals surface area contributed by atoms with Gasteiger partial charge in [0.05, 0.1) is 29.1 Å². The Bertz CT molecular complexity index is 875. The Hall–Kier alpha value is -2.66. The zero-order valence-corrected chi connectivity index (χ0v) is 15.6. The van der Waals surface area contributed by atoms with Crippen molar-refractivity contribution in [2.75, 3.05) is 12.4 Å². The lowest BCUT2D eigenvalue weighted by molar-refractivity contribution is -0.146. The minimum absolute atomic E-state index is 0.0314. The van der Waals surface area contributed by atoms with Gasteiger partial charge in [0, 0.05) is 0 Å². The van der Waals surface area contributed by atoms with Gasteiger partial charge in [-0.2, -0.15) is 5.26 Å². The third-order valence-corrected chi connectivity index (χ3v) is 5.30. The molecule has 0 saturated heterocycles. The molecule has 1 aliphatic rings. The van der Waals surface area contributed by atoms with E-state index in [1.807, 2.05) is 24.3 Å². The lowest BCUT2D eigenvalue weighted by Gasteiger charge is -2.31. The number of benzene rings is 1. The number of ether oxygens (including phenoxy) is 1. The minimum Gasteiger partial charge on any atom is -0.455 e. The summed E-state index contributed by atoms with van der Waals surface area (Å²) in [6.07, 6.45) is 5.78. The predicted molar refractivity (Wildman–Crippen MR) is 101 cm³/mol. The third-order valence-electron chi connectivity index (χ3n) is 4.43. The Kier molecular flexibility index (Phi) is 6.24. The van der Waals surface area contributed by atoms with E-state index in [1.165, 1.54) is 11.8 Å². The molecule has 1 aromatic carbocycles. The van der Waals surface area contributed by atoms with Crippen LogP contribution in [0.1, 0.15) is 32.1 Å². The molecule has 1 amide bonds. The van der Waals surface area contributed by atoms with E-state index in [1.54, 1.807) is 6.20 Å². The van der Waals surface area contributed by atoms with E-state index >= 15 is 0 Å². The first-order chi connectivity index (χ1) is 13.1. The quantitative estimate of drug-likeness (QED) is 0.603. The number of aromatic nitrogens is 2. The molecule has 8 heteroatoms. The number of amides is 1. The maximum atomic E-state index is 12.0. The maximum absolute atomic E-state index is 12.0. The topological polar surface area (TPSA) is 105 Å². The molecule has 1 heterocycles. The first-order valence-corrected chi connectivity index (χ1v) is 9.81. The second-order valence-corrected chi connectivity index (χ2v) is 7.44. The highest BCUT2D eigenvalue weighted by molar-refractivity contribution is 7.99. The maximum Gasteiger partial charge on any atom is 0.316 e. The van der Waals surface area contributed by atoms with Crippen LogP contribution in [-0.4, -0.2) is 39.7 Å². The van der Waals surface area contributed by atoms with Crippen molar-refractivity contribution < 1.29 is 14.3 Å². The van der Waals surface area contributed by atoms with Gasteiger partial charge >= 0.3 is 5.97 Å². The summed E-state index contributed by atoms with van der Waals surface area (Å²) in [4.78, 5) is 32.6. The second kappa shape index (κ2) is 8.82. The van der Waals surface area contributed by atoms with Gasteiger partial charge in [-0.25, -0.2) is 4.98 Å². The minimum atomic E-state index is -0.822. The summed E-state index contributed by atoms with van der Waals surface area (Å²) in [5.74, 6) is -0.925. The molecule has 1 saturated carbocycles. The van der Waals surface area contributed by atoms with Crippen LogP contribution in [0.2, 0.25) is 0 Å². The highest BCUT2D eigenvalue weighted by Crippen LogP contribution is 2.27. The van der Waals surface area contributed by atoms with Crippen LogP contribution in [0.25, 0.3) is 11.0 Å². The summed E-state index contributed by atoms with van der Waals surface area (Å²) in [5, 5.41) is 12.7. The van der Waals surface area contributed by atoms with Gasteiger partial charge in [-0.05, 0) is 25.0 Å². The number of para-hydroxylation sites is 2. The van der Waals surface area contributed by atoms with Crippen molar-refractivity contribution >= 4 is 34.7 Å². The number of fused-ring (bicyclic) bond motifs is 1. The van der Waals surface area contributed by atoms with Crippen LogP contribution in [0.5, 0.6) is 0 Å². The Morgan fingerprint density at radius 3 is 2.70 bits per heavy atom.